The van der Waals surface area contributed by atoms with Gasteiger partial charge in [-0.3, -0.25) is 14.8 Å². The molecule has 26 heavy (non-hydrogen) atoms. The number of nitrogens with zero attached hydrogens (tertiary/aromatic N) is 3. The molecule has 2 aromatic heterocycles. The summed E-state index contributed by atoms with van der Waals surface area (Å²) in [5.41, 5.74) is 3.67. The summed E-state index contributed by atoms with van der Waals surface area (Å²) in [5.74, 6) is -0.169. The molecule has 3 aromatic rings. The van der Waals surface area contributed by atoms with Gasteiger partial charge in [0, 0.05) is 29.4 Å². The highest BCUT2D eigenvalue weighted by Crippen LogP contribution is 2.32. The predicted octanol–water partition coefficient (Wildman–Crippen LogP) is 3.51. The summed E-state index contributed by atoms with van der Waals surface area (Å²) < 4.78 is 15.6. The molecule has 0 radical (unpaired) electrons. The predicted molar refractivity (Wildman–Crippen MR) is 98.7 cm³/mol. The van der Waals surface area contributed by atoms with Gasteiger partial charge in [0.1, 0.15) is 5.82 Å². The topological polar surface area (TPSA) is 53.4 Å². The van der Waals surface area contributed by atoms with Crippen LogP contribution in [0, 0.1) is 19.7 Å². The SMILES string of the molecule is Cc1nc2cc([C@H]3CCCCN3Cc3ccccc3F)[nH]n2c(=O)c1C. The van der Waals surface area contributed by atoms with Gasteiger partial charge in [-0.25, -0.2) is 13.9 Å². The van der Waals surface area contributed by atoms with E-state index in [9.17, 15) is 9.18 Å². The number of piperidine rings is 1. The van der Waals surface area contributed by atoms with Gasteiger partial charge in [0.25, 0.3) is 5.56 Å². The lowest BCUT2D eigenvalue weighted by Gasteiger charge is -2.35. The van der Waals surface area contributed by atoms with Crippen LogP contribution in [-0.4, -0.2) is 26.0 Å². The Labute approximate surface area is 151 Å². The van der Waals surface area contributed by atoms with Crippen LogP contribution < -0.4 is 5.56 Å². The van der Waals surface area contributed by atoms with Crippen molar-refractivity contribution < 1.29 is 4.39 Å². The molecule has 1 fully saturated rings. The Balaban J connectivity index is 1.70. The first-order valence-electron chi connectivity index (χ1n) is 9.11. The minimum Gasteiger partial charge on any atom is -0.292 e. The van der Waals surface area contributed by atoms with Gasteiger partial charge in [-0.1, -0.05) is 24.6 Å². The minimum atomic E-state index is -0.169. The molecule has 1 atom stereocenters. The molecule has 0 spiro atoms. The van der Waals surface area contributed by atoms with Crippen LogP contribution in [0.5, 0.6) is 0 Å². The number of likely N-dealkylation sites (tertiary alicyclic amines) is 1. The molecule has 4 rings (SSSR count). The molecule has 5 nitrogen and oxygen atoms in total. The molecule has 1 aliphatic rings. The number of benzene rings is 1. The quantitative estimate of drug-likeness (QED) is 0.783. The second-order valence-corrected chi connectivity index (χ2v) is 7.11. The van der Waals surface area contributed by atoms with Crippen molar-refractivity contribution in [1.82, 2.24) is 19.5 Å². The second kappa shape index (κ2) is 6.68. The number of aryl methyl sites for hydroxylation is 1. The molecule has 1 N–H and O–H groups in total. The number of H-pyrrole nitrogens is 1. The smallest absolute Gasteiger partial charge is 0.275 e. The largest absolute Gasteiger partial charge is 0.292 e. The molecular formula is C20H23FN4O. The van der Waals surface area contributed by atoms with Crippen molar-refractivity contribution in [2.75, 3.05) is 6.54 Å². The molecule has 0 unspecified atom stereocenters. The number of aromatic amines is 1. The Morgan fingerprint density at radius 3 is 2.88 bits per heavy atom. The van der Waals surface area contributed by atoms with Gasteiger partial charge in [0.2, 0.25) is 0 Å². The van der Waals surface area contributed by atoms with E-state index in [1.54, 1.807) is 13.0 Å². The van der Waals surface area contributed by atoms with Crippen molar-refractivity contribution in [1.29, 1.82) is 0 Å². The Morgan fingerprint density at radius 1 is 1.27 bits per heavy atom. The molecule has 3 heterocycles. The maximum atomic E-state index is 14.1. The average molecular weight is 354 g/mol. The Bertz CT molecular complexity index is 1010. The van der Waals surface area contributed by atoms with E-state index < -0.39 is 0 Å². The van der Waals surface area contributed by atoms with E-state index in [-0.39, 0.29) is 17.4 Å². The van der Waals surface area contributed by atoms with Crippen molar-refractivity contribution in [2.24, 2.45) is 0 Å². The number of fused-ring (bicyclic) bond motifs is 1. The highest BCUT2D eigenvalue weighted by Gasteiger charge is 2.26. The van der Waals surface area contributed by atoms with Crippen LogP contribution in [0.15, 0.2) is 35.1 Å². The fraction of sp³-hybridized carbons (Fsp3) is 0.400. The Morgan fingerprint density at radius 2 is 2.08 bits per heavy atom. The summed E-state index contributed by atoms with van der Waals surface area (Å²) in [5, 5.41) is 3.24. The third-order valence-corrected chi connectivity index (χ3v) is 5.41. The first-order valence-corrected chi connectivity index (χ1v) is 9.11. The maximum absolute atomic E-state index is 14.1. The fourth-order valence-corrected chi connectivity index (χ4v) is 3.79. The Kier molecular flexibility index (Phi) is 4.36. The molecule has 0 amide bonds. The summed E-state index contributed by atoms with van der Waals surface area (Å²) in [6.07, 6.45) is 3.20. The van der Waals surface area contributed by atoms with Crippen LogP contribution in [0.2, 0.25) is 0 Å². The number of hydrogen-bond donors (Lipinski definition) is 1. The molecule has 1 saturated heterocycles. The molecule has 0 bridgehead atoms. The minimum absolute atomic E-state index is 0.0600. The average Bonchev–Trinajstić information content (AvgIpc) is 3.06. The standard InChI is InChI=1S/C20H23FN4O/c1-13-14(2)22-19-11-17(23-25(19)20(13)26)18-9-5-6-10-24(18)12-15-7-3-4-8-16(15)21/h3-4,7-8,11,18,23H,5-6,9-10,12H2,1-2H3/t18-/m1/s1. The molecule has 6 heteroatoms. The van der Waals surface area contributed by atoms with Crippen molar-refractivity contribution in [3.63, 3.8) is 0 Å². The molecule has 1 aromatic carbocycles. The zero-order valence-corrected chi connectivity index (χ0v) is 15.1. The van der Waals surface area contributed by atoms with Crippen molar-refractivity contribution >= 4 is 5.65 Å². The lowest BCUT2D eigenvalue weighted by atomic mass is 9.98. The van der Waals surface area contributed by atoms with Gasteiger partial charge in [-0.05, 0) is 39.3 Å². The highest BCUT2D eigenvalue weighted by atomic mass is 19.1. The van der Waals surface area contributed by atoms with E-state index in [0.717, 1.165) is 37.2 Å². The van der Waals surface area contributed by atoms with Crippen LogP contribution in [0.25, 0.3) is 5.65 Å². The van der Waals surface area contributed by atoms with Gasteiger partial charge < -0.3 is 0 Å². The van der Waals surface area contributed by atoms with E-state index in [1.165, 1.54) is 10.6 Å². The van der Waals surface area contributed by atoms with Crippen LogP contribution in [0.1, 0.15) is 47.8 Å². The van der Waals surface area contributed by atoms with Gasteiger partial charge >= 0.3 is 0 Å². The molecule has 1 aliphatic heterocycles. The van der Waals surface area contributed by atoms with Crippen LogP contribution in [0.3, 0.4) is 0 Å². The summed E-state index contributed by atoms with van der Waals surface area (Å²) >= 11 is 0. The van der Waals surface area contributed by atoms with Crippen LogP contribution in [-0.2, 0) is 6.54 Å². The summed E-state index contributed by atoms with van der Waals surface area (Å²) in [7, 11) is 0. The monoisotopic (exact) mass is 354 g/mol. The summed E-state index contributed by atoms with van der Waals surface area (Å²) in [4.78, 5) is 19.3. The third kappa shape index (κ3) is 2.94. The van der Waals surface area contributed by atoms with E-state index in [2.05, 4.69) is 15.0 Å². The fourth-order valence-electron chi connectivity index (χ4n) is 3.79. The van der Waals surface area contributed by atoms with Crippen molar-refractivity contribution in [2.45, 2.75) is 45.7 Å². The number of nitrogens with one attached hydrogen (secondary N) is 1. The third-order valence-electron chi connectivity index (χ3n) is 5.41. The lowest BCUT2D eigenvalue weighted by molar-refractivity contribution is 0.135. The zero-order valence-electron chi connectivity index (χ0n) is 15.1. The van der Waals surface area contributed by atoms with E-state index in [4.69, 9.17) is 0 Å². The molecular weight excluding hydrogens is 331 g/mol. The van der Waals surface area contributed by atoms with E-state index in [0.29, 0.717) is 23.3 Å². The summed E-state index contributed by atoms with van der Waals surface area (Å²) in [6.45, 7) is 5.12. The number of hydrogen-bond acceptors (Lipinski definition) is 3. The normalized spacial score (nSPS) is 18.5. The van der Waals surface area contributed by atoms with Gasteiger partial charge in [0.15, 0.2) is 5.65 Å². The van der Waals surface area contributed by atoms with Gasteiger partial charge in [-0.15, -0.1) is 0 Å². The number of halogens is 1. The first-order chi connectivity index (χ1) is 12.5. The molecule has 0 aliphatic carbocycles. The van der Waals surface area contributed by atoms with Crippen molar-refractivity contribution in [3.05, 3.63) is 69.0 Å². The van der Waals surface area contributed by atoms with Crippen molar-refractivity contribution in [3.8, 4) is 0 Å². The van der Waals surface area contributed by atoms with Crippen LogP contribution in [0.4, 0.5) is 4.39 Å². The Hall–Kier alpha value is -2.47. The highest BCUT2D eigenvalue weighted by molar-refractivity contribution is 5.42. The van der Waals surface area contributed by atoms with E-state index >= 15 is 0 Å². The number of rotatable bonds is 3. The molecule has 0 saturated carbocycles. The van der Waals surface area contributed by atoms with E-state index in [1.807, 2.05) is 25.1 Å². The first kappa shape index (κ1) is 17.0. The second-order valence-electron chi connectivity index (χ2n) is 7.11. The zero-order chi connectivity index (χ0) is 18.3. The summed E-state index contributed by atoms with van der Waals surface area (Å²) in [6, 6.07) is 9.02. The van der Waals surface area contributed by atoms with Gasteiger partial charge in [-0.2, -0.15) is 0 Å². The number of aromatic nitrogens is 3. The van der Waals surface area contributed by atoms with Crippen LogP contribution >= 0.6 is 0 Å². The lowest BCUT2D eigenvalue weighted by Crippen LogP contribution is -2.33. The maximum Gasteiger partial charge on any atom is 0.275 e. The van der Waals surface area contributed by atoms with Gasteiger partial charge in [0.05, 0.1) is 11.7 Å². The molecule has 136 valence electrons.